The Labute approximate surface area is 115 Å². The Morgan fingerprint density at radius 2 is 2.00 bits per heavy atom. The number of nitrogens with one attached hydrogen (secondary N) is 1. The summed E-state index contributed by atoms with van der Waals surface area (Å²) in [4.78, 5) is 7.51. The quantitative estimate of drug-likeness (QED) is 0.683. The number of aliphatic hydroxyl groups is 1. The standard InChI is InChI=1S/C15H11ClN2O/c16-11-5-3-4-10(8-11)14(19)9-15-17-12-6-1-2-7-13(12)18-15/h1-9,19H,(H,17,18). The van der Waals surface area contributed by atoms with E-state index >= 15 is 0 Å². The Bertz CT molecular complexity index is 728. The highest BCUT2D eigenvalue weighted by molar-refractivity contribution is 6.30. The van der Waals surface area contributed by atoms with Crippen molar-refractivity contribution < 1.29 is 5.11 Å². The topological polar surface area (TPSA) is 48.9 Å². The third-order valence-corrected chi connectivity index (χ3v) is 3.04. The molecule has 19 heavy (non-hydrogen) atoms. The minimum absolute atomic E-state index is 0.126. The number of hydrogen-bond donors (Lipinski definition) is 2. The Morgan fingerprint density at radius 1 is 1.16 bits per heavy atom. The zero-order valence-electron chi connectivity index (χ0n) is 9.97. The Kier molecular flexibility index (Phi) is 2.97. The van der Waals surface area contributed by atoms with Crippen LogP contribution in [-0.4, -0.2) is 15.1 Å². The molecular weight excluding hydrogens is 260 g/mol. The molecule has 0 aliphatic carbocycles. The third kappa shape index (κ3) is 2.46. The van der Waals surface area contributed by atoms with Gasteiger partial charge in [-0.05, 0) is 24.3 Å². The van der Waals surface area contributed by atoms with Crippen LogP contribution in [-0.2, 0) is 0 Å². The van der Waals surface area contributed by atoms with Crippen LogP contribution >= 0.6 is 11.6 Å². The normalized spacial score (nSPS) is 11.9. The van der Waals surface area contributed by atoms with E-state index in [0.29, 0.717) is 16.4 Å². The highest BCUT2D eigenvalue weighted by Crippen LogP contribution is 2.19. The molecule has 0 fully saturated rings. The summed E-state index contributed by atoms with van der Waals surface area (Å²) in [5.74, 6) is 0.736. The lowest BCUT2D eigenvalue weighted by Gasteiger charge is -1.99. The van der Waals surface area contributed by atoms with Gasteiger partial charge in [-0.25, -0.2) is 4.98 Å². The van der Waals surface area contributed by atoms with Crippen LogP contribution in [0.25, 0.3) is 22.9 Å². The summed E-state index contributed by atoms with van der Waals surface area (Å²) in [6.07, 6.45) is 1.59. The second kappa shape index (κ2) is 4.78. The van der Waals surface area contributed by atoms with Crippen LogP contribution in [0.2, 0.25) is 5.02 Å². The predicted molar refractivity (Wildman–Crippen MR) is 78.0 cm³/mol. The van der Waals surface area contributed by atoms with Crippen LogP contribution in [0.4, 0.5) is 0 Å². The molecule has 2 aromatic carbocycles. The number of halogens is 1. The Hall–Kier alpha value is -2.26. The summed E-state index contributed by atoms with van der Waals surface area (Å²) in [5.41, 5.74) is 2.47. The van der Waals surface area contributed by atoms with Gasteiger partial charge in [0.25, 0.3) is 0 Å². The molecule has 0 aliphatic heterocycles. The van der Waals surface area contributed by atoms with E-state index in [1.165, 1.54) is 0 Å². The first-order valence-electron chi connectivity index (χ1n) is 5.84. The molecule has 3 nitrogen and oxygen atoms in total. The van der Waals surface area contributed by atoms with Crippen molar-refractivity contribution in [1.82, 2.24) is 9.97 Å². The lowest BCUT2D eigenvalue weighted by atomic mass is 10.2. The van der Waals surface area contributed by atoms with Crippen molar-refractivity contribution in [2.75, 3.05) is 0 Å². The molecule has 4 heteroatoms. The zero-order chi connectivity index (χ0) is 13.2. The second-order valence-electron chi connectivity index (χ2n) is 4.18. The molecule has 94 valence electrons. The number of fused-ring (bicyclic) bond motifs is 1. The zero-order valence-corrected chi connectivity index (χ0v) is 10.7. The number of aromatic amines is 1. The van der Waals surface area contributed by atoms with Gasteiger partial charge in [-0.1, -0.05) is 35.9 Å². The van der Waals surface area contributed by atoms with E-state index < -0.39 is 0 Å². The molecule has 0 amide bonds. The van der Waals surface area contributed by atoms with Gasteiger partial charge in [0.05, 0.1) is 11.0 Å². The molecule has 3 rings (SSSR count). The molecule has 0 unspecified atom stereocenters. The number of hydrogen-bond acceptors (Lipinski definition) is 2. The fraction of sp³-hybridized carbons (Fsp3) is 0. The molecule has 3 aromatic rings. The van der Waals surface area contributed by atoms with Crippen molar-refractivity contribution in [1.29, 1.82) is 0 Å². The van der Waals surface area contributed by atoms with E-state index in [0.717, 1.165) is 11.0 Å². The second-order valence-corrected chi connectivity index (χ2v) is 4.62. The maximum Gasteiger partial charge on any atom is 0.134 e. The van der Waals surface area contributed by atoms with E-state index in [9.17, 15) is 5.11 Å². The first kappa shape index (κ1) is 11.8. The molecule has 1 heterocycles. The van der Waals surface area contributed by atoms with Gasteiger partial charge in [0.15, 0.2) is 0 Å². The minimum atomic E-state index is 0.126. The smallest absolute Gasteiger partial charge is 0.134 e. The van der Waals surface area contributed by atoms with E-state index in [-0.39, 0.29) is 5.76 Å². The summed E-state index contributed by atoms with van der Waals surface area (Å²) >= 11 is 5.89. The molecule has 0 atom stereocenters. The van der Waals surface area contributed by atoms with E-state index in [1.54, 1.807) is 30.3 Å². The maximum atomic E-state index is 10.1. The molecule has 0 aliphatic rings. The highest BCUT2D eigenvalue weighted by atomic mass is 35.5. The van der Waals surface area contributed by atoms with Crippen LogP contribution in [0.5, 0.6) is 0 Å². The SMILES string of the molecule is OC(=Cc1nc2ccccc2[nH]1)c1cccc(Cl)c1. The average molecular weight is 271 g/mol. The largest absolute Gasteiger partial charge is 0.507 e. The number of para-hydroxylation sites is 2. The molecule has 0 radical (unpaired) electrons. The van der Waals surface area contributed by atoms with Crippen LogP contribution in [0.3, 0.4) is 0 Å². The van der Waals surface area contributed by atoms with Gasteiger partial charge < -0.3 is 10.1 Å². The van der Waals surface area contributed by atoms with Gasteiger partial charge >= 0.3 is 0 Å². The van der Waals surface area contributed by atoms with Crippen molar-refractivity contribution >= 4 is 34.5 Å². The Balaban J connectivity index is 2.00. The summed E-state index contributed by atoms with van der Waals surface area (Å²) in [5, 5.41) is 10.7. The van der Waals surface area contributed by atoms with E-state index in [1.807, 2.05) is 24.3 Å². The Morgan fingerprint density at radius 3 is 2.79 bits per heavy atom. The average Bonchev–Trinajstić information content (AvgIpc) is 2.80. The number of rotatable bonds is 2. The molecule has 0 saturated carbocycles. The molecule has 0 saturated heterocycles. The number of imidazole rings is 1. The van der Waals surface area contributed by atoms with Crippen LogP contribution < -0.4 is 0 Å². The predicted octanol–water partition coefficient (Wildman–Crippen LogP) is 4.27. The van der Waals surface area contributed by atoms with Crippen molar-refractivity contribution in [3.63, 3.8) is 0 Å². The summed E-state index contributed by atoms with van der Waals surface area (Å²) in [6, 6.07) is 14.8. The monoisotopic (exact) mass is 270 g/mol. The van der Waals surface area contributed by atoms with Gasteiger partial charge in [0.1, 0.15) is 11.6 Å². The van der Waals surface area contributed by atoms with Gasteiger partial charge in [0.2, 0.25) is 0 Å². The van der Waals surface area contributed by atoms with Crippen molar-refractivity contribution in [2.45, 2.75) is 0 Å². The first-order chi connectivity index (χ1) is 9.22. The van der Waals surface area contributed by atoms with Crippen LogP contribution in [0.1, 0.15) is 11.4 Å². The lowest BCUT2D eigenvalue weighted by Crippen LogP contribution is -1.84. The minimum Gasteiger partial charge on any atom is -0.507 e. The fourth-order valence-corrected chi connectivity index (χ4v) is 2.09. The van der Waals surface area contributed by atoms with Gasteiger partial charge in [-0.15, -0.1) is 0 Å². The number of nitrogens with zero attached hydrogens (tertiary/aromatic N) is 1. The molecular formula is C15H11ClN2O. The number of aliphatic hydroxyl groups excluding tert-OH is 1. The maximum absolute atomic E-state index is 10.1. The van der Waals surface area contributed by atoms with Crippen LogP contribution in [0.15, 0.2) is 48.5 Å². The number of H-pyrrole nitrogens is 1. The van der Waals surface area contributed by atoms with Crippen LogP contribution in [0, 0.1) is 0 Å². The molecule has 0 spiro atoms. The van der Waals surface area contributed by atoms with Gasteiger partial charge in [-0.3, -0.25) is 0 Å². The van der Waals surface area contributed by atoms with E-state index in [4.69, 9.17) is 11.6 Å². The number of aromatic nitrogens is 2. The van der Waals surface area contributed by atoms with E-state index in [2.05, 4.69) is 9.97 Å². The van der Waals surface area contributed by atoms with Crippen molar-refractivity contribution in [3.8, 4) is 0 Å². The van der Waals surface area contributed by atoms with Gasteiger partial charge in [0, 0.05) is 16.7 Å². The van der Waals surface area contributed by atoms with Crippen molar-refractivity contribution in [2.24, 2.45) is 0 Å². The molecule has 0 bridgehead atoms. The summed E-state index contributed by atoms with van der Waals surface area (Å²) < 4.78 is 0. The first-order valence-corrected chi connectivity index (χ1v) is 6.21. The van der Waals surface area contributed by atoms with Crippen molar-refractivity contribution in [3.05, 3.63) is 64.9 Å². The van der Waals surface area contributed by atoms with Gasteiger partial charge in [-0.2, -0.15) is 0 Å². The lowest BCUT2D eigenvalue weighted by molar-refractivity contribution is 0.515. The highest BCUT2D eigenvalue weighted by Gasteiger charge is 2.03. The molecule has 1 aromatic heterocycles. The third-order valence-electron chi connectivity index (χ3n) is 2.80. The summed E-state index contributed by atoms with van der Waals surface area (Å²) in [6.45, 7) is 0. The summed E-state index contributed by atoms with van der Waals surface area (Å²) in [7, 11) is 0. The molecule has 2 N–H and O–H groups in total. The fourth-order valence-electron chi connectivity index (χ4n) is 1.90. The number of benzene rings is 2.